The van der Waals surface area contributed by atoms with E-state index in [4.69, 9.17) is 5.73 Å². The highest BCUT2D eigenvalue weighted by molar-refractivity contribution is 6.24. The van der Waals surface area contributed by atoms with E-state index in [0.29, 0.717) is 24.1 Å². The van der Waals surface area contributed by atoms with Crippen molar-refractivity contribution in [2.24, 2.45) is 23.5 Å². The maximum atomic E-state index is 14.0. The average Bonchev–Trinajstić information content (AvgIpc) is 3.70. The number of hydrogen-bond acceptors (Lipinski definition) is 10. The smallest absolute Gasteiger partial charge is 0.255 e. The Morgan fingerprint density at radius 1 is 1.12 bits per heavy atom. The summed E-state index contributed by atoms with van der Waals surface area (Å²) >= 11 is 0. The minimum absolute atomic E-state index is 0.0578. The summed E-state index contributed by atoms with van der Waals surface area (Å²) in [5.41, 5.74) is 4.25. The molecule has 41 heavy (non-hydrogen) atoms. The van der Waals surface area contributed by atoms with E-state index in [1.807, 2.05) is 19.0 Å². The van der Waals surface area contributed by atoms with Crippen molar-refractivity contribution in [2.75, 3.05) is 40.1 Å². The van der Waals surface area contributed by atoms with Gasteiger partial charge in [0.1, 0.15) is 22.8 Å². The SMILES string of the molecule is C[C@H](C1CC1)N(C)Cc1cc(O)c2c(c1N(C)C)C[C@H]1C[C@H]3[C@H](N(C)C)C(=O)C(C(N)=O)=C(O)[C@@]3(O)C(=O)C1=C2O. The van der Waals surface area contributed by atoms with Crippen molar-refractivity contribution in [2.45, 2.75) is 56.8 Å². The molecule has 0 heterocycles. The van der Waals surface area contributed by atoms with Gasteiger partial charge in [0, 0.05) is 43.9 Å². The molecular weight excluding hydrogens is 528 g/mol. The van der Waals surface area contributed by atoms with Crippen molar-refractivity contribution in [1.82, 2.24) is 9.80 Å². The van der Waals surface area contributed by atoms with Gasteiger partial charge in [0.05, 0.1) is 11.6 Å². The molecule has 0 bridgehead atoms. The van der Waals surface area contributed by atoms with E-state index in [2.05, 4.69) is 18.9 Å². The van der Waals surface area contributed by atoms with Crippen LogP contribution in [-0.2, 0) is 27.3 Å². The lowest BCUT2D eigenvalue weighted by molar-refractivity contribution is -0.153. The van der Waals surface area contributed by atoms with Crippen LogP contribution in [0.25, 0.3) is 5.76 Å². The van der Waals surface area contributed by atoms with Gasteiger partial charge in [0.2, 0.25) is 5.78 Å². The summed E-state index contributed by atoms with van der Waals surface area (Å²) in [5, 5.41) is 45.5. The third-order valence-electron chi connectivity index (χ3n) is 9.64. The average molecular weight is 569 g/mol. The number of aromatic hydroxyl groups is 1. The molecule has 1 aromatic rings. The highest BCUT2D eigenvalue weighted by Crippen LogP contribution is 2.54. The van der Waals surface area contributed by atoms with Gasteiger partial charge < -0.3 is 31.1 Å². The summed E-state index contributed by atoms with van der Waals surface area (Å²) in [7, 11) is 8.99. The van der Waals surface area contributed by atoms with Crippen LogP contribution >= 0.6 is 0 Å². The molecule has 2 saturated carbocycles. The zero-order valence-corrected chi connectivity index (χ0v) is 24.4. The number of amides is 1. The largest absolute Gasteiger partial charge is 0.508 e. The highest BCUT2D eigenvalue weighted by atomic mass is 16.3. The van der Waals surface area contributed by atoms with Crippen molar-refractivity contribution < 1.29 is 34.8 Å². The lowest BCUT2D eigenvalue weighted by Crippen LogP contribution is -2.65. The zero-order valence-electron chi connectivity index (χ0n) is 24.4. The summed E-state index contributed by atoms with van der Waals surface area (Å²) in [6, 6.07) is 0.864. The number of rotatable bonds is 7. The summed E-state index contributed by atoms with van der Waals surface area (Å²) in [6.45, 7) is 2.77. The molecule has 222 valence electrons. The Morgan fingerprint density at radius 3 is 2.29 bits per heavy atom. The van der Waals surface area contributed by atoms with Crippen molar-refractivity contribution >= 4 is 28.9 Å². The molecule has 1 amide bonds. The lowest BCUT2D eigenvalue weighted by Gasteiger charge is -2.50. The molecule has 2 fully saturated rings. The number of nitrogens with two attached hydrogens (primary N) is 1. The molecule has 4 aliphatic carbocycles. The van der Waals surface area contributed by atoms with Gasteiger partial charge in [-0.2, -0.15) is 0 Å². The first-order valence-electron chi connectivity index (χ1n) is 14.0. The molecule has 1 aromatic carbocycles. The first kappa shape index (κ1) is 29.1. The molecule has 11 heteroatoms. The van der Waals surface area contributed by atoms with Crippen molar-refractivity contribution in [1.29, 1.82) is 0 Å². The summed E-state index contributed by atoms with van der Waals surface area (Å²) in [6.07, 6.45) is 2.72. The zero-order chi connectivity index (χ0) is 30.3. The number of aliphatic hydroxyl groups excluding tert-OH is 2. The number of fused-ring (bicyclic) bond motifs is 3. The van der Waals surface area contributed by atoms with Gasteiger partial charge >= 0.3 is 0 Å². The van der Waals surface area contributed by atoms with Gasteiger partial charge in [-0.15, -0.1) is 0 Å². The predicted octanol–water partition coefficient (Wildman–Crippen LogP) is 1.26. The maximum absolute atomic E-state index is 14.0. The van der Waals surface area contributed by atoms with Gasteiger partial charge in [-0.25, -0.2) is 0 Å². The van der Waals surface area contributed by atoms with E-state index >= 15 is 0 Å². The van der Waals surface area contributed by atoms with Crippen molar-refractivity contribution in [3.8, 4) is 5.75 Å². The fourth-order valence-electron chi connectivity index (χ4n) is 7.40. The molecule has 5 atom stereocenters. The van der Waals surface area contributed by atoms with E-state index in [1.165, 1.54) is 17.7 Å². The molecular formula is C30H40N4O7. The van der Waals surface area contributed by atoms with Crippen LogP contribution in [0, 0.1) is 17.8 Å². The third kappa shape index (κ3) is 4.24. The fourth-order valence-corrected chi connectivity index (χ4v) is 7.40. The topological polar surface area (TPSA) is 168 Å². The van der Waals surface area contributed by atoms with Crippen LogP contribution in [0.15, 0.2) is 23.0 Å². The molecule has 5 rings (SSSR count). The van der Waals surface area contributed by atoms with Crippen LogP contribution in [0.2, 0.25) is 0 Å². The molecule has 6 N–H and O–H groups in total. The minimum Gasteiger partial charge on any atom is -0.508 e. The molecule has 0 radical (unpaired) electrons. The molecule has 0 saturated heterocycles. The summed E-state index contributed by atoms with van der Waals surface area (Å²) in [5.74, 6) is -5.86. The Morgan fingerprint density at radius 2 is 1.76 bits per heavy atom. The number of anilines is 1. The highest BCUT2D eigenvalue weighted by Gasteiger charge is 2.64. The number of hydrogen-bond donors (Lipinski definition) is 5. The molecule has 0 aromatic heterocycles. The molecule has 0 aliphatic heterocycles. The monoisotopic (exact) mass is 568 g/mol. The summed E-state index contributed by atoms with van der Waals surface area (Å²) < 4.78 is 0. The normalized spacial score (nSPS) is 28.6. The van der Waals surface area contributed by atoms with Gasteiger partial charge in [-0.05, 0) is 82.8 Å². The molecule has 4 aliphatic rings. The number of Topliss-reactive ketones (excluding diaryl/α,β-unsaturated/α-hetero) is 2. The number of benzene rings is 1. The first-order chi connectivity index (χ1) is 19.1. The Balaban J connectivity index is 1.67. The van der Waals surface area contributed by atoms with Gasteiger partial charge in [-0.1, -0.05) is 0 Å². The standard InChI is InChI=1S/C30H40N4O7/c1-13(14-7-8-14)34(6)12-16-11-19(35)21-17(23(16)32(2)3)9-15-10-18-24(33(4)5)26(37)22(29(31)40)28(39)30(18,41)27(38)20(15)25(21)36/h11,13-15,18,24,35-36,39,41H,7-10,12H2,1-6H3,(H2,31,40)/t13-,15+,18+,24+,30+/m1/s1. The number of carbonyl (C=O) groups is 3. The Bertz CT molecular complexity index is 1410. The molecule has 11 nitrogen and oxygen atoms in total. The van der Waals surface area contributed by atoms with Crippen LogP contribution in [0.3, 0.4) is 0 Å². The molecule has 0 unspecified atom stereocenters. The number of phenolic OH excluding ortho intramolecular Hbond substituents is 1. The summed E-state index contributed by atoms with van der Waals surface area (Å²) in [4.78, 5) is 45.2. The number of likely N-dealkylation sites (N-methyl/N-ethyl adjacent to an activating group) is 1. The van der Waals surface area contributed by atoms with Crippen LogP contribution in [0.4, 0.5) is 5.69 Å². The number of carbonyl (C=O) groups excluding carboxylic acids is 3. The second kappa shape index (κ2) is 9.85. The van der Waals surface area contributed by atoms with Crippen molar-refractivity contribution in [3.63, 3.8) is 0 Å². The fraction of sp³-hybridized carbons (Fsp3) is 0.567. The van der Waals surface area contributed by atoms with E-state index in [1.54, 1.807) is 20.2 Å². The number of aliphatic hydroxyl groups is 3. The number of nitrogens with zero attached hydrogens (tertiary/aromatic N) is 3. The van der Waals surface area contributed by atoms with Crippen molar-refractivity contribution in [3.05, 3.63) is 39.7 Å². The van der Waals surface area contributed by atoms with E-state index < -0.39 is 58.0 Å². The minimum atomic E-state index is -2.65. The van der Waals surface area contributed by atoms with Crippen LogP contribution in [-0.4, -0.2) is 101 Å². The molecule has 0 spiro atoms. The Kier molecular flexibility index (Phi) is 6.99. The Hall–Kier alpha value is -3.41. The van der Waals surface area contributed by atoms with Crippen LogP contribution in [0.5, 0.6) is 5.75 Å². The number of primary amides is 1. The second-order valence-corrected chi connectivity index (χ2v) is 12.6. The van der Waals surface area contributed by atoms with Crippen LogP contribution in [0.1, 0.15) is 42.9 Å². The predicted molar refractivity (Wildman–Crippen MR) is 152 cm³/mol. The van der Waals surface area contributed by atoms with Gasteiger partial charge in [-0.3, -0.25) is 24.2 Å². The number of phenols is 1. The second-order valence-electron chi connectivity index (χ2n) is 12.6. The van der Waals surface area contributed by atoms with Crippen LogP contribution < -0.4 is 10.6 Å². The lowest BCUT2D eigenvalue weighted by atomic mass is 9.57. The Labute approximate surface area is 239 Å². The maximum Gasteiger partial charge on any atom is 0.255 e. The van der Waals surface area contributed by atoms with Gasteiger partial charge in [0.15, 0.2) is 11.4 Å². The third-order valence-corrected chi connectivity index (χ3v) is 9.64. The number of ketones is 2. The van der Waals surface area contributed by atoms with E-state index in [0.717, 1.165) is 11.3 Å². The first-order valence-corrected chi connectivity index (χ1v) is 14.0. The van der Waals surface area contributed by atoms with E-state index in [9.17, 15) is 34.8 Å². The van der Waals surface area contributed by atoms with E-state index in [-0.39, 0.29) is 29.7 Å². The van der Waals surface area contributed by atoms with Gasteiger partial charge in [0.25, 0.3) is 5.91 Å². The quantitative estimate of drug-likeness (QED) is 0.302.